The molecule has 0 heterocycles. The van der Waals surface area contributed by atoms with Crippen LogP contribution >= 0.6 is 0 Å². The summed E-state index contributed by atoms with van der Waals surface area (Å²) in [4.78, 5) is 0. The molecule has 0 radical (unpaired) electrons. The third-order valence-electron chi connectivity index (χ3n) is 2.20. The van der Waals surface area contributed by atoms with E-state index < -0.39 is 0 Å². The van der Waals surface area contributed by atoms with Crippen LogP contribution in [0.15, 0.2) is 24.3 Å². The van der Waals surface area contributed by atoms with E-state index >= 15 is 0 Å². The van der Waals surface area contributed by atoms with Crippen LogP contribution < -0.4 is 5.32 Å². The predicted octanol–water partition coefficient (Wildman–Crippen LogP) is 2.49. The highest BCUT2D eigenvalue weighted by molar-refractivity contribution is 5.21. The summed E-state index contributed by atoms with van der Waals surface area (Å²) in [5.74, 6) is 0. The maximum Gasteiger partial charge on any atom is 0.0906 e. The van der Waals surface area contributed by atoms with Gasteiger partial charge >= 0.3 is 0 Å². The van der Waals surface area contributed by atoms with Gasteiger partial charge in [0.15, 0.2) is 0 Å². The Balaban J connectivity index is 2.15. The molecule has 14 heavy (non-hydrogen) atoms. The molecule has 0 spiro atoms. The number of alkyl halides is 1. The molecule has 0 unspecified atom stereocenters. The molecule has 0 aromatic heterocycles. The van der Waals surface area contributed by atoms with Gasteiger partial charge in [0.2, 0.25) is 0 Å². The molecule has 0 aliphatic carbocycles. The molecule has 78 valence electrons. The minimum Gasteiger partial charge on any atom is -0.316 e. The molecule has 0 saturated carbocycles. The first kappa shape index (κ1) is 11.2. The second-order valence-electron chi connectivity index (χ2n) is 3.53. The van der Waals surface area contributed by atoms with Gasteiger partial charge in [-0.05, 0) is 38.4 Å². The second kappa shape index (κ2) is 6.55. The maximum atomic E-state index is 11.7. The second-order valence-corrected chi connectivity index (χ2v) is 3.53. The highest BCUT2D eigenvalue weighted by Crippen LogP contribution is 2.02. The van der Waals surface area contributed by atoms with Crippen molar-refractivity contribution >= 4 is 0 Å². The lowest BCUT2D eigenvalue weighted by atomic mass is 10.1. The lowest BCUT2D eigenvalue weighted by Crippen LogP contribution is -2.18. The molecule has 0 atom stereocenters. The van der Waals surface area contributed by atoms with Crippen LogP contribution in [0, 0.1) is 6.92 Å². The van der Waals surface area contributed by atoms with E-state index in [1.54, 1.807) is 0 Å². The van der Waals surface area contributed by atoms with E-state index in [4.69, 9.17) is 0 Å². The third kappa shape index (κ3) is 4.38. The number of hydrogen-bond acceptors (Lipinski definition) is 1. The quantitative estimate of drug-likeness (QED) is 0.688. The van der Waals surface area contributed by atoms with Crippen molar-refractivity contribution in [1.29, 1.82) is 0 Å². The van der Waals surface area contributed by atoms with Crippen molar-refractivity contribution in [2.45, 2.75) is 19.8 Å². The summed E-state index contributed by atoms with van der Waals surface area (Å²) in [6.45, 7) is 3.58. The molecule has 0 saturated heterocycles. The minimum absolute atomic E-state index is 0.225. The Morgan fingerprint density at radius 1 is 1.14 bits per heavy atom. The van der Waals surface area contributed by atoms with Gasteiger partial charge in [-0.1, -0.05) is 29.8 Å². The number of benzene rings is 1. The molecule has 1 aromatic carbocycles. The van der Waals surface area contributed by atoms with Crippen LogP contribution in [-0.4, -0.2) is 19.8 Å². The largest absolute Gasteiger partial charge is 0.316 e. The molecule has 0 amide bonds. The Bertz CT molecular complexity index is 243. The zero-order valence-electron chi connectivity index (χ0n) is 8.72. The molecular formula is C12H18FN. The first-order chi connectivity index (χ1) is 6.83. The molecule has 0 aliphatic heterocycles. The van der Waals surface area contributed by atoms with Gasteiger partial charge in [0.1, 0.15) is 0 Å². The van der Waals surface area contributed by atoms with Crippen LogP contribution in [-0.2, 0) is 6.42 Å². The number of nitrogens with one attached hydrogen (secondary N) is 1. The van der Waals surface area contributed by atoms with E-state index in [1.165, 1.54) is 11.1 Å². The summed E-state index contributed by atoms with van der Waals surface area (Å²) in [6, 6.07) is 8.53. The van der Waals surface area contributed by atoms with Gasteiger partial charge in [0, 0.05) is 0 Å². The first-order valence-corrected chi connectivity index (χ1v) is 5.15. The zero-order valence-corrected chi connectivity index (χ0v) is 8.72. The van der Waals surface area contributed by atoms with E-state index in [1.807, 2.05) is 0 Å². The fourth-order valence-electron chi connectivity index (χ4n) is 1.30. The fraction of sp³-hybridized carbons (Fsp3) is 0.500. The Morgan fingerprint density at radius 3 is 2.50 bits per heavy atom. The number of rotatable bonds is 6. The topological polar surface area (TPSA) is 12.0 Å². The van der Waals surface area contributed by atoms with Crippen LogP contribution in [0.5, 0.6) is 0 Å². The lowest BCUT2D eigenvalue weighted by Gasteiger charge is -2.03. The number of aryl methyl sites for hydroxylation is 1. The molecule has 1 aromatic rings. The zero-order chi connectivity index (χ0) is 10.2. The normalized spacial score (nSPS) is 10.4. The summed E-state index contributed by atoms with van der Waals surface area (Å²) in [6.07, 6.45) is 1.64. The smallest absolute Gasteiger partial charge is 0.0906 e. The molecule has 0 aliphatic rings. The van der Waals surface area contributed by atoms with Crippen LogP contribution in [0.1, 0.15) is 17.5 Å². The van der Waals surface area contributed by atoms with Gasteiger partial charge in [-0.15, -0.1) is 0 Å². The standard InChI is InChI=1S/C12H18FN/c1-11-3-5-12(6-4-11)7-10-14-9-2-8-13/h3-6,14H,2,7-10H2,1H3. The molecule has 2 heteroatoms. The van der Waals surface area contributed by atoms with Gasteiger partial charge in [-0.3, -0.25) is 4.39 Å². The van der Waals surface area contributed by atoms with Crippen molar-refractivity contribution in [1.82, 2.24) is 5.32 Å². The molecule has 1 N–H and O–H groups in total. The molecule has 1 nitrogen and oxygen atoms in total. The highest BCUT2D eigenvalue weighted by Gasteiger charge is 1.92. The van der Waals surface area contributed by atoms with Gasteiger partial charge < -0.3 is 5.32 Å². The van der Waals surface area contributed by atoms with Crippen molar-refractivity contribution in [3.05, 3.63) is 35.4 Å². The van der Waals surface area contributed by atoms with E-state index in [9.17, 15) is 4.39 Å². The minimum atomic E-state index is -0.225. The summed E-state index contributed by atoms with van der Waals surface area (Å²) < 4.78 is 11.7. The van der Waals surface area contributed by atoms with E-state index in [0.717, 1.165) is 19.5 Å². The number of halogens is 1. The maximum absolute atomic E-state index is 11.7. The third-order valence-corrected chi connectivity index (χ3v) is 2.20. The average molecular weight is 195 g/mol. The first-order valence-electron chi connectivity index (χ1n) is 5.15. The Labute approximate surface area is 85.3 Å². The SMILES string of the molecule is Cc1ccc(CCNCCCF)cc1. The molecule has 1 rings (SSSR count). The van der Waals surface area contributed by atoms with Gasteiger partial charge in [-0.25, -0.2) is 0 Å². The van der Waals surface area contributed by atoms with Crippen molar-refractivity contribution in [2.24, 2.45) is 0 Å². The summed E-state index contributed by atoms with van der Waals surface area (Å²) >= 11 is 0. The van der Waals surface area contributed by atoms with E-state index in [-0.39, 0.29) is 6.67 Å². The molecular weight excluding hydrogens is 177 g/mol. The van der Waals surface area contributed by atoms with Crippen LogP contribution in [0.2, 0.25) is 0 Å². The Hall–Kier alpha value is -0.890. The van der Waals surface area contributed by atoms with E-state index in [2.05, 4.69) is 36.5 Å². The summed E-state index contributed by atoms with van der Waals surface area (Å²) in [7, 11) is 0. The monoisotopic (exact) mass is 195 g/mol. The summed E-state index contributed by atoms with van der Waals surface area (Å²) in [5, 5.41) is 3.21. The van der Waals surface area contributed by atoms with Crippen molar-refractivity contribution in [3.8, 4) is 0 Å². The van der Waals surface area contributed by atoms with Crippen molar-refractivity contribution < 1.29 is 4.39 Å². The van der Waals surface area contributed by atoms with Crippen molar-refractivity contribution in [2.75, 3.05) is 19.8 Å². The van der Waals surface area contributed by atoms with Gasteiger partial charge in [-0.2, -0.15) is 0 Å². The van der Waals surface area contributed by atoms with Gasteiger partial charge in [0.25, 0.3) is 0 Å². The van der Waals surface area contributed by atoms with Crippen LogP contribution in [0.3, 0.4) is 0 Å². The van der Waals surface area contributed by atoms with Crippen molar-refractivity contribution in [3.63, 3.8) is 0 Å². The van der Waals surface area contributed by atoms with E-state index in [0.29, 0.717) is 6.42 Å². The highest BCUT2D eigenvalue weighted by atomic mass is 19.1. The predicted molar refractivity (Wildman–Crippen MR) is 58.3 cm³/mol. The van der Waals surface area contributed by atoms with Gasteiger partial charge in [0.05, 0.1) is 6.67 Å². The molecule has 0 bridgehead atoms. The Morgan fingerprint density at radius 2 is 1.86 bits per heavy atom. The van der Waals surface area contributed by atoms with Crippen LogP contribution in [0.4, 0.5) is 4.39 Å². The fourth-order valence-corrected chi connectivity index (χ4v) is 1.30. The average Bonchev–Trinajstić information content (AvgIpc) is 2.21. The lowest BCUT2D eigenvalue weighted by molar-refractivity contribution is 0.460. The number of hydrogen-bond donors (Lipinski definition) is 1. The molecule has 0 fully saturated rings. The Kier molecular flexibility index (Phi) is 5.23. The van der Waals surface area contributed by atoms with Crippen LogP contribution in [0.25, 0.3) is 0 Å². The summed E-state index contributed by atoms with van der Waals surface area (Å²) in [5.41, 5.74) is 2.63.